The summed E-state index contributed by atoms with van der Waals surface area (Å²) < 4.78 is 5.16. The van der Waals surface area contributed by atoms with Crippen LogP contribution in [0.3, 0.4) is 0 Å². The predicted octanol–water partition coefficient (Wildman–Crippen LogP) is 4.37. The van der Waals surface area contributed by atoms with Crippen LogP contribution in [0.15, 0.2) is 41.8 Å². The molecular weight excluding hydrogens is 370 g/mol. The van der Waals surface area contributed by atoms with Crippen LogP contribution in [-0.2, 0) is 4.74 Å². The quantitative estimate of drug-likeness (QED) is 0.639. The Hall–Kier alpha value is -2.15. The van der Waals surface area contributed by atoms with E-state index < -0.39 is 0 Å². The molecule has 0 saturated carbocycles. The number of thiophene rings is 1. The minimum Gasteiger partial charge on any atom is -0.385 e. The number of nitrogens with zero attached hydrogens (tertiary/aromatic N) is 2. The van der Waals surface area contributed by atoms with Gasteiger partial charge in [-0.15, -0.1) is 11.3 Å². The van der Waals surface area contributed by atoms with Gasteiger partial charge < -0.3 is 9.64 Å². The van der Waals surface area contributed by atoms with Crippen LogP contribution in [0.2, 0.25) is 5.02 Å². The summed E-state index contributed by atoms with van der Waals surface area (Å²) in [7, 11) is 1.66. The molecule has 1 N–H and O–H groups in total. The third kappa shape index (κ3) is 2.84. The maximum Gasteiger partial charge on any atom is 0.275 e. The molecule has 1 atom stereocenters. The Morgan fingerprint density at radius 2 is 2.15 bits per heavy atom. The van der Waals surface area contributed by atoms with Crippen molar-refractivity contribution in [3.8, 4) is 10.6 Å². The van der Waals surface area contributed by atoms with Gasteiger partial charge in [-0.05, 0) is 29.5 Å². The van der Waals surface area contributed by atoms with E-state index in [0.717, 1.165) is 28.1 Å². The molecule has 26 heavy (non-hydrogen) atoms. The van der Waals surface area contributed by atoms with Crippen molar-refractivity contribution in [3.63, 3.8) is 0 Å². The monoisotopic (exact) mass is 387 g/mol. The van der Waals surface area contributed by atoms with E-state index >= 15 is 0 Å². The van der Waals surface area contributed by atoms with E-state index in [1.54, 1.807) is 18.4 Å². The van der Waals surface area contributed by atoms with Crippen molar-refractivity contribution in [2.75, 3.05) is 20.3 Å². The maximum absolute atomic E-state index is 13.0. The van der Waals surface area contributed by atoms with E-state index in [1.807, 2.05) is 46.7 Å². The zero-order valence-electron chi connectivity index (χ0n) is 14.2. The Balaban J connectivity index is 1.83. The molecule has 1 amide bonds. The molecule has 2 aromatic heterocycles. The van der Waals surface area contributed by atoms with Gasteiger partial charge >= 0.3 is 0 Å². The Kier molecular flexibility index (Phi) is 4.80. The summed E-state index contributed by atoms with van der Waals surface area (Å²) >= 11 is 8.12. The Morgan fingerprint density at radius 1 is 1.31 bits per heavy atom. The number of methoxy groups -OCH3 is 1. The molecule has 1 aromatic carbocycles. The van der Waals surface area contributed by atoms with Gasteiger partial charge in [0.05, 0.1) is 16.6 Å². The van der Waals surface area contributed by atoms with Gasteiger partial charge in [0, 0.05) is 30.8 Å². The summed E-state index contributed by atoms with van der Waals surface area (Å²) in [4.78, 5) is 15.9. The molecule has 1 aliphatic heterocycles. The summed E-state index contributed by atoms with van der Waals surface area (Å²) in [6.45, 7) is 1.18. The number of amides is 1. The number of carbonyl (C=O) groups excluding carboxylic acids is 1. The van der Waals surface area contributed by atoms with Crippen molar-refractivity contribution in [2.45, 2.75) is 12.5 Å². The van der Waals surface area contributed by atoms with Crippen LogP contribution in [0.1, 0.15) is 34.1 Å². The summed E-state index contributed by atoms with van der Waals surface area (Å²) in [6.07, 6.45) is 0.755. The maximum atomic E-state index is 13.0. The van der Waals surface area contributed by atoms with Gasteiger partial charge in [-0.3, -0.25) is 9.89 Å². The van der Waals surface area contributed by atoms with Crippen molar-refractivity contribution in [2.24, 2.45) is 0 Å². The van der Waals surface area contributed by atoms with E-state index in [4.69, 9.17) is 16.3 Å². The average molecular weight is 388 g/mol. The minimum absolute atomic E-state index is 0.0694. The molecular formula is C19H18ClN3O2S. The summed E-state index contributed by atoms with van der Waals surface area (Å²) in [6, 6.07) is 11.4. The van der Waals surface area contributed by atoms with Gasteiger partial charge in [0.25, 0.3) is 5.91 Å². The Morgan fingerprint density at radius 3 is 2.88 bits per heavy atom. The molecule has 1 aliphatic rings. The van der Waals surface area contributed by atoms with Crippen LogP contribution in [0.4, 0.5) is 0 Å². The number of fused-ring (bicyclic) bond motifs is 1. The predicted molar refractivity (Wildman–Crippen MR) is 103 cm³/mol. The number of halogens is 1. The van der Waals surface area contributed by atoms with E-state index in [1.165, 1.54) is 0 Å². The Labute approximate surface area is 160 Å². The summed E-state index contributed by atoms with van der Waals surface area (Å²) in [5, 5.41) is 10.1. The molecule has 0 radical (unpaired) electrons. The normalized spacial score (nSPS) is 16.3. The highest BCUT2D eigenvalue weighted by Gasteiger charge is 2.42. The number of ether oxygens (including phenoxy) is 1. The molecule has 1 unspecified atom stereocenters. The first-order valence-corrected chi connectivity index (χ1v) is 9.64. The fourth-order valence-corrected chi connectivity index (χ4v) is 4.40. The molecule has 3 aromatic rings. The number of aromatic amines is 1. The summed E-state index contributed by atoms with van der Waals surface area (Å²) in [5.74, 6) is -0.0694. The smallest absolute Gasteiger partial charge is 0.275 e. The second-order valence-electron chi connectivity index (χ2n) is 6.11. The lowest BCUT2D eigenvalue weighted by molar-refractivity contribution is 0.0723. The van der Waals surface area contributed by atoms with Crippen LogP contribution in [0.25, 0.3) is 10.6 Å². The van der Waals surface area contributed by atoms with Crippen molar-refractivity contribution in [1.29, 1.82) is 0 Å². The van der Waals surface area contributed by atoms with Crippen molar-refractivity contribution >= 4 is 28.8 Å². The third-order valence-corrected chi connectivity index (χ3v) is 5.80. The number of carbonyl (C=O) groups is 1. The molecule has 0 fully saturated rings. The zero-order valence-corrected chi connectivity index (χ0v) is 15.8. The third-order valence-electron chi connectivity index (χ3n) is 4.57. The SMILES string of the molecule is COCCCN1C(=O)c2n[nH]c(-c3cccs3)c2C1c1ccccc1Cl. The lowest BCUT2D eigenvalue weighted by Gasteiger charge is -2.27. The van der Waals surface area contributed by atoms with Gasteiger partial charge in [0.1, 0.15) is 0 Å². The van der Waals surface area contributed by atoms with Crippen LogP contribution in [0.5, 0.6) is 0 Å². The van der Waals surface area contributed by atoms with Gasteiger partial charge in [-0.1, -0.05) is 35.9 Å². The molecule has 7 heteroatoms. The highest BCUT2D eigenvalue weighted by atomic mass is 35.5. The second-order valence-corrected chi connectivity index (χ2v) is 7.46. The Bertz CT molecular complexity index is 923. The highest BCUT2D eigenvalue weighted by molar-refractivity contribution is 7.13. The lowest BCUT2D eigenvalue weighted by Crippen LogP contribution is -2.31. The fourth-order valence-electron chi connectivity index (χ4n) is 3.43. The molecule has 3 heterocycles. The molecule has 134 valence electrons. The zero-order chi connectivity index (χ0) is 18.1. The molecule has 0 bridgehead atoms. The lowest BCUT2D eigenvalue weighted by atomic mass is 9.98. The number of rotatable bonds is 6. The van der Waals surface area contributed by atoms with E-state index in [0.29, 0.717) is 23.9 Å². The molecule has 4 rings (SSSR count). The molecule has 5 nitrogen and oxygen atoms in total. The largest absolute Gasteiger partial charge is 0.385 e. The molecule has 0 aliphatic carbocycles. The van der Waals surface area contributed by atoms with Crippen molar-refractivity contribution in [1.82, 2.24) is 15.1 Å². The number of aromatic nitrogens is 2. The fraction of sp³-hybridized carbons (Fsp3) is 0.263. The first-order valence-electron chi connectivity index (χ1n) is 8.39. The highest BCUT2D eigenvalue weighted by Crippen LogP contribution is 2.45. The van der Waals surface area contributed by atoms with Gasteiger partial charge in [-0.2, -0.15) is 5.10 Å². The first-order chi connectivity index (χ1) is 12.7. The van der Waals surface area contributed by atoms with Gasteiger partial charge in [0.15, 0.2) is 5.69 Å². The van der Waals surface area contributed by atoms with Crippen molar-refractivity contribution in [3.05, 3.63) is 63.6 Å². The number of hydrogen-bond acceptors (Lipinski definition) is 4. The number of hydrogen-bond donors (Lipinski definition) is 1. The number of benzene rings is 1. The van der Waals surface area contributed by atoms with Crippen LogP contribution >= 0.6 is 22.9 Å². The van der Waals surface area contributed by atoms with Crippen LogP contribution < -0.4 is 0 Å². The molecule has 0 spiro atoms. The van der Waals surface area contributed by atoms with Gasteiger partial charge in [0.2, 0.25) is 0 Å². The number of nitrogens with one attached hydrogen (secondary N) is 1. The first kappa shape index (κ1) is 17.3. The topological polar surface area (TPSA) is 58.2 Å². The average Bonchev–Trinajstić information content (AvgIpc) is 3.35. The molecule has 0 saturated heterocycles. The minimum atomic E-state index is -0.251. The number of H-pyrrole nitrogens is 1. The van der Waals surface area contributed by atoms with E-state index in [-0.39, 0.29) is 11.9 Å². The van der Waals surface area contributed by atoms with Crippen LogP contribution in [-0.4, -0.2) is 41.3 Å². The van der Waals surface area contributed by atoms with Crippen molar-refractivity contribution < 1.29 is 9.53 Å². The summed E-state index contributed by atoms with van der Waals surface area (Å²) in [5.41, 5.74) is 3.19. The van der Waals surface area contributed by atoms with E-state index in [2.05, 4.69) is 10.2 Å². The second kappa shape index (κ2) is 7.23. The van der Waals surface area contributed by atoms with E-state index in [9.17, 15) is 4.79 Å². The van der Waals surface area contributed by atoms with Gasteiger partial charge in [-0.25, -0.2) is 0 Å². The van der Waals surface area contributed by atoms with Crippen LogP contribution in [0, 0.1) is 0 Å². The standard InChI is InChI=1S/C19H18ClN3O2S/c1-25-10-5-9-23-18(12-6-2-3-7-13(12)20)15-16(14-8-4-11-26-14)21-22-17(15)19(23)24/h2-4,6-8,11,18H,5,9-10H2,1H3,(H,21,22).